The Labute approximate surface area is 197 Å². The van der Waals surface area contributed by atoms with Crippen LogP contribution < -0.4 is 9.46 Å². The van der Waals surface area contributed by atoms with E-state index in [9.17, 15) is 8.42 Å². The molecule has 0 amide bonds. The van der Waals surface area contributed by atoms with Gasteiger partial charge in [-0.1, -0.05) is 24.3 Å². The van der Waals surface area contributed by atoms with Crippen LogP contribution in [0.25, 0.3) is 27.8 Å². The van der Waals surface area contributed by atoms with Gasteiger partial charge < -0.3 is 9.47 Å². The molecule has 5 rings (SSSR count). The van der Waals surface area contributed by atoms with Crippen molar-refractivity contribution >= 4 is 26.4 Å². The third kappa shape index (κ3) is 4.23. The fourth-order valence-electron chi connectivity index (χ4n) is 4.19. The molecule has 0 radical (unpaired) electrons. The van der Waals surface area contributed by atoms with Crippen LogP contribution in [0.3, 0.4) is 0 Å². The maximum Gasteiger partial charge on any atom is 0.244 e. The number of aryl methyl sites for hydroxylation is 1. The summed E-state index contributed by atoms with van der Waals surface area (Å²) < 4.78 is 41.4. The van der Waals surface area contributed by atoms with Gasteiger partial charge in [0.15, 0.2) is 11.5 Å². The first-order chi connectivity index (χ1) is 16.5. The molecule has 0 bridgehead atoms. The van der Waals surface area contributed by atoms with Crippen LogP contribution >= 0.6 is 0 Å². The van der Waals surface area contributed by atoms with Gasteiger partial charge in [-0.05, 0) is 25.1 Å². The standard InChI is InChI=1S/C23H26N6O4S/c1-16-18-5-3-4-6-19(18)23-26-25-22(29(23)27-16)17-7-8-20(32-2)21(15-17)34(30,31)24-9-10-28-11-13-33-14-12-28/h3-8,15,24H,9-14H2,1-2H3. The van der Waals surface area contributed by atoms with Gasteiger partial charge in [0, 0.05) is 42.5 Å². The molecule has 178 valence electrons. The number of ether oxygens (including phenoxy) is 2. The van der Waals surface area contributed by atoms with Crippen LogP contribution in [0.4, 0.5) is 0 Å². The van der Waals surface area contributed by atoms with Gasteiger partial charge in [-0.2, -0.15) is 9.61 Å². The highest BCUT2D eigenvalue weighted by Crippen LogP contribution is 2.30. The molecule has 2 aromatic heterocycles. The Balaban J connectivity index is 1.49. The SMILES string of the molecule is COc1ccc(-c2nnc3c4ccccc4c(C)nn23)cc1S(=O)(=O)NCCN1CCOCC1. The first-order valence-corrected chi connectivity index (χ1v) is 12.6. The smallest absolute Gasteiger partial charge is 0.244 e. The van der Waals surface area contributed by atoms with Crippen LogP contribution in [0, 0.1) is 6.92 Å². The second-order valence-electron chi connectivity index (χ2n) is 8.11. The molecule has 34 heavy (non-hydrogen) atoms. The lowest BCUT2D eigenvalue weighted by atomic mass is 10.1. The normalized spacial score (nSPS) is 15.2. The zero-order valence-corrected chi connectivity index (χ0v) is 19.9. The first kappa shape index (κ1) is 22.7. The van der Waals surface area contributed by atoms with Crippen LogP contribution in [-0.4, -0.2) is 79.6 Å². The van der Waals surface area contributed by atoms with E-state index < -0.39 is 10.0 Å². The number of aromatic nitrogens is 4. The number of methoxy groups -OCH3 is 1. The minimum Gasteiger partial charge on any atom is -0.495 e. The highest BCUT2D eigenvalue weighted by molar-refractivity contribution is 7.89. The molecule has 1 aliphatic heterocycles. The van der Waals surface area contributed by atoms with E-state index in [0.29, 0.717) is 36.8 Å². The monoisotopic (exact) mass is 482 g/mol. The average Bonchev–Trinajstić information content (AvgIpc) is 3.28. The topological polar surface area (TPSA) is 111 Å². The van der Waals surface area contributed by atoms with Crippen LogP contribution in [-0.2, 0) is 14.8 Å². The summed E-state index contributed by atoms with van der Waals surface area (Å²) in [4.78, 5) is 2.21. The quantitative estimate of drug-likeness (QED) is 0.425. The Kier molecular flexibility index (Phi) is 6.17. The lowest BCUT2D eigenvalue weighted by Gasteiger charge is -2.26. The van der Waals surface area contributed by atoms with Crippen molar-refractivity contribution in [1.29, 1.82) is 0 Å². The second kappa shape index (κ2) is 9.26. The van der Waals surface area contributed by atoms with Crippen LogP contribution in [0.1, 0.15) is 5.69 Å². The molecule has 1 fully saturated rings. The molecule has 2 aromatic carbocycles. The number of nitrogens with one attached hydrogen (secondary N) is 1. The van der Waals surface area contributed by atoms with Crippen molar-refractivity contribution in [3.8, 4) is 17.1 Å². The molecule has 0 aliphatic carbocycles. The maximum atomic E-state index is 13.2. The molecular weight excluding hydrogens is 456 g/mol. The molecule has 1 aliphatic rings. The van der Waals surface area contributed by atoms with Gasteiger partial charge in [0.05, 0.1) is 26.0 Å². The Hall–Kier alpha value is -3.12. The summed E-state index contributed by atoms with van der Waals surface area (Å²) in [6.07, 6.45) is 0. The Bertz CT molecular complexity index is 1450. The van der Waals surface area contributed by atoms with E-state index in [4.69, 9.17) is 9.47 Å². The van der Waals surface area contributed by atoms with Gasteiger partial charge >= 0.3 is 0 Å². The third-order valence-corrected chi connectivity index (χ3v) is 7.47. The maximum absolute atomic E-state index is 13.2. The Morgan fingerprint density at radius 1 is 1.09 bits per heavy atom. The van der Waals surface area contributed by atoms with Gasteiger partial charge in [-0.25, -0.2) is 13.1 Å². The Morgan fingerprint density at radius 3 is 2.62 bits per heavy atom. The molecule has 1 saturated heterocycles. The van der Waals surface area contributed by atoms with Gasteiger partial charge in [0.25, 0.3) is 0 Å². The molecule has 4 aromatic rings. The van der Waals surface area contributed by atoms with E-state index in [-0.39, 0.29) is 17.2 Å². The average molecular weight is 483 g/mol. The summed E-state index contributed by atoms with van der Waals surface area (Å²) in [5, 5.41) is 15.3. The zero-order valence-electron chi connectivity index (χ0n) is 19.1. The van der Waals surface area contributed by atoms with Crippen molar-refractivity contribution in [3.05, 3.63) is 48.2 Å². The number of nitrogens with zero attached hydrogens (tertiary/aromatic N) is 5. The summed E-state index contributed by atoms with van der Waals surface area (Å²) >= 11 is 0. The van der Waals surface area contributed by atoms with Gasteiger partial charge in [0.2, 0.25) is 10.0 Å². The fraction of sp³-hybridized carbons (Fsp3) is 0.348. The largest absolute Gasteiger partial charge is 0.495 e. The van der Waals surface area contributed by atoms with Gasteiger partial charge in [0.1, 0.15) is 10.6 Å². The number of rotatable bonds is 7. The van der Waals surface area contributed by atoms with E-state index in [1.807, 2.05) is 31.2 Å². The highest BCUT2D eigenvalue weighted by atomic mass is 32.2. The molecule has 0 spiro atoms. The molecular formula is C23H26N6O4S. The van der Waals surface area contributed by atoms with Gasteiger partial charge in [-0.3, -0.25) is 4.90 Å². The number of hydrogen-bond acceptors (Lipinski definition) is 8. The number of sulfonamides is 1. The van der Waals surface area contributed by atoms with Crippen molar-refractivity contribution in [2.45, 2.75) is 11.8 Å². The first-order valence-electron chi connectivity index (χ1n) is 11.1. The van der Waals surface area contributed by atoms with E-state index in [1.165, 1.54) is 7.11 Å². The van der Waals surface area contributed by atoms with Crippen molar-refractivity contribution < 1.29 is 17.9 Å². The fourth-order valence-corrected chi connectivity index (χ4v) is 5.40. The number of benzene rings is 2. The minimum absolute atomic E-state index is 0.0451. The zero-order chi connectivity index (χ0) is 23.7. The summed E-state index contributed by atoms with van der Waals surface area (Å²) in [6, 6.07) is 12.8. The number of hydrogen-bond donors (Lipinski definition) is 1. The lowest BCUT2D eigenvalue weighted by molar-refractivity contribution is 0.0390. The second-order valence-corrected chi connectivity index (χ2v) is 9.84. The summed E-state index contributed by atoms with van der Waals surface area (Å²) in [5.74, 6) is 0.710. The molecule has 0 unspecified atom stereocenters. The third-order valence-electron chi connectivity index (χ3n) is 5.98. The highest BCUT2D eigenvalue weighted by Gasteiger charge is 2.23. The summed E-state index contributed by atoms with van der Waals surface area (Å²) in [6.45, 7) is 5.73. The van der Waals surface area contributed by atoms with E-state index in [0.717, 1.165) is 29.6 Å². The van der Waals surface area contributed by atoms with Crippen molar-refractivity contribution in [2.24, 2.45) is 0 Å². The van der Waals surface area contributed by atoms with Crippen molar-refractivity contribution in [3.63, 3.8) is 0 Å². The molecule has 0 atom stereocenters. The van der Waals surface area contributed by atoms with Crippen molar-refractivity contribution in [1.82, 2.24) is 29.4 Å². The molecule has 1 N–H and O–H groups in total. The molecule has 11 heteroatoms. The van der Waals surface area contributed by atoms with Gasteiger partial charge in [-0.15, -0.1) is 10.2 Å². The lowest BCUT2D eigenvalue weighted by Crippen LogP contribution is -2.41. The number of fused-ring (bicyclic) bond motifs is 3. The van der Waals surface area contributed by atoms with E-state index in [1.54, 1.807) is 22.7 Å². The van der Waals surface area contributed by atoms with Crippen LogP contribution in [0.15, 0.2) is 47.4 Å². The van der Waals surface area contributed by atoms with Crippen molar-refractivity contribution in [2.75, 3.05) is 46.5 Å². The predicted octanol–water partition coefficient (Wildman–Crippen LogP) is 1.87. The van der Waals surface area contributed by atoms with Crippen LogP contribution in [0.5, 0.6) is 5.75 Å². The molecule has 3 heterocycles. The van der Waals surface area contributed by atoms with E-state index in [2.05, 4.69) is 24.9 Å². The molecule has 0 saturated carbocycles. The predicted molar refractivity (Wildman–Crippen MR) is 127 cm³/mol. The van der Waals surface area contributed by atoms with Crippen LogP contribution in [0.2, 0.25) is 0 Å². The minimum atomic E-state index is -3.82. The number of morpholine rings is 1. The summed E-state index contributed by atoms with van der Waals surface area (Å²) in [5.41, 5.74) is 2.01. The Morgan fingerprint density at radius 2 is 1.85 bits per heavy atom. The summed E-state index contributed by atoms with van der Waals surface area (Å²) in [7, 11) is -2.37. The molecule has 10 nitrogen and oxygen atoms in total. The van der Waals surface area contributed by atoms with E-state index >= 15 is 0 Å².